The molecule has 2 aromatic carbocycles. The van der Waals surface area contributed by atoms with E-state index >= 15 is 0 Å². The summed E-state index contributed by atoms with van der Waals surface area (Å²) in [5.41, 5.74) is 8.20. The number of H-pyrrole nitrogens is 1. The maximum Gasteiger partial charge on any atom is 0.0650 e. The molecule has 0 fully saturated rings. The summed E-state index contributed by atoms with van der Waals surface area (Å²) in [4.78, 5) is 0. The summed E-state index contributed by atoms with van der Waals surface area (Å²) >= 11 is 0. The van der Waals surface area contributed by atoms with Crippen LogP contribution in [0.3, 0.4) is 0 Å². The Bertz CT molecular complexity index is 813. The third-order valence-corrected chi connectivity index (χ3v) is 5.66. The smallest absolute Gasteiger partial charge is 0.0650 e. The van der Waals surface area contributed by atoms with Gasteiger partial charge in [-0.25, -0.2) is 5.01 Å². The summed E-state index contributed by atoms with van der Waals surface area (Å²) in [5, 5.41) is 12.5. The lowest BCUT2D eigenvalue weighted by Gasteiger charge is -2.31. The van der Waals surface area contributed by atoms with Crippen molar-refractivity contribution in [2.75, 3.05) is 27.3 Å². The van der Waals surface area contributed by atoms with E-state index in [1.807, 2.05) is 20.2 Å². The maximum atomic E-state index is 4.04. The van der Waals surface area contributed by atoms with E-state index in [9.17, 15) is 0 Å². The molecule has 0 amide bonds. The zero-order chi connectivity index (χ0) is 22.5. The summed E-state index contributed by atoms with van der Waals surface area (Å²) in [6, 6.07) is 21.6. The highest BCUT2D eigenvalue weighted by Crippen LogP contribution is 2.34. The van der Waals surface area contributed by atoms with Crippen LogP contribution in [-0.2, 0) is 0 Å². The molecule has 3 rings (SSSR count). The van der Waals surface area contributed by atoms with Crippen molar-refractivity contribution < 1.29 is 0 Å². The van der Waals surface area contributed by atoms with Crippen molar-refractivity contribution >= 4 is 0 Å². The van der Waals surface area contributed by atoms with Crippen molar-refractivity contribution in [3.8, 4) is 11.3 Å². The molecule has 0 aliphatic heterocycles. The van der Waals surface area contributed by atoms with Gasteiger partial charge in [-0.2, -0.15) is 5.10 Å². The van der Waals surface area contributed by atoms with Crippen LogP contribution in [0, 0.1) is 0 Å². The molecule has 1 unspecified atom stereocenters. The number of aromatic nitrogens is 2. The van der Waals surface area contributed by atoms with E-state index < -0.39 is 0 Å². The molecular weight excluding hydrogens is 382 g/mol. The van der Waals surface area contributed by atoms with Gasteiger partial charge in [0.15, 0.2) is 0 Å². The Morgan fingerprint density at radius 1 is 0.903 bits per heavy atom. The minimum Gasteiger partial charge on any atom is -0.306 e. The van der Waals surface area contributed by atoms with Gasteiger partial charge in [-0.3, -0.25) is 10.5 Å². The quantitative estimate of drug-likeness (QED) is 0.304. The molecule has 3 N–H and O–H groups in total. The number of rotatable bonds is 10. The van der Waals surface area contributed by atoms with Crippen molar-refractivity contribution in [1.29, 1.82) is 0 Å². The van der Waals surface area contributed by atoms with Crippen LogP contribution in [0.2, 0.25) is 0 Å². The molecule has 0 aliphatic carbocycles. The van der Waals surface area contributed by atoms with Crippen LogP contribution < -0.4 is 10.7 Å². The lowest BCUT2D eigenvalue weighted by molar-refractivity contribution is 0.177. The second-order valence-electron chi connectivity index (χ2n) is 7.86. The minimum atomic E-state index is 0.380. The highest BCUT2D eigenvalue weighted by atomic mass is 15.5. The molecule has 0 bridgehead atoms. The largest absolute Gasteiger partial charge is 0.306 e. The highest BCUT2D eigenvalue weighted by molar-refractivity contribution is 5.59. The van der Waals surface area contributed by atoms with E-state index in [-0.39, 0.29) is 0 Å². The van der Waals surface area contributed by atoms with Gasteiger partial charge in [0.2, 0.25) is 0 Å². The SMILES string of the molecule is CCCC.CNCN(C[C@H](c1ccccc1)C(C)c1ccc(-c2ccn[nH]2)cc1)NC. The minimum absolute atomic E-state index is 0.380. The van der Waals surface area contributed by atoms with Crippen molar-refractivity contribution in [3.63, 3.8) is 0 Å². The van der Waals surface area contributed by atoms with Gasteiger partial charge in [0.1, 0.15) is 0 Å². The predicted octanol–water partition coefficient (Wildman–Crippen LogP) is 5.38. The summed E-state index contributed by atoms with van der Waals surface area (Å²) in [5.74, 6) is 0.765. The molecule has 1 heterocycles. The maximum absolute atomic E-state index is 4.04. The normalized spacial score (nSPS) is 12.8. The fourth-order valence-corrected chi connectivity index (χ4v) is 3.53. The van der Waals surface area contributed by atoms with Gasteiger partial charge in [-0.05, 0) is 42.8 Å². The topological polar surface area (TPSA) is 56.0 Å². The van der Waals surface area contributed by atoms with Crippen molar-refractivity contribution in [3.05, 3.63) is 78.0 Å². The molecule has 5 nitrogen and oxygen atoms in total. The molecule has 0 saturated heterocycles. The number of aromatic amines is 1. The van der Waals surface area contributed by atoms with E-state index in [1.165, 1.54) is 24.0 Å². The second kappa shape index (κ2) is 13.8. The van der Waals surface area contributed by atoms with E-state index in [4.69, 9.17) is 0 Å². The second-order valence-corrected chi connectivity index (χ2v) is 7.86. The average Bonchev–Trinajstić information content (AvgIpc) is 3.37. The van der Waals surface area contributed by atoms with Gasteiger partial charge < -0.3 is 5.32 Å². The Kier molecular flexibility index (Phi) is 11.0. The first-order chi connectivity index (χ1) is 15.1. The molecule has 0 radical (unpaired) electrons. The van der Waals surface area contributed by atoms with Gasteiger partial charge in [-0.15, -0.1) is 0 Å². The van der Waals surface area contributed by atoms with Gasteiger partial charge in [0, 0.05) is 18.7 Å². The number of hydrogen-bond donors (Lipinski definition) is 3. The number of nitrogens with zero attached hydrogens (tertiary/aromatic N) is 2. The lowest BCUT2D eigenvalue weighted by atomic mass is 9.82. The Morgan fingerprint density at radius 3 is 2.10 bits per heavy atom. The van der Waals surface area contributed by atoms with Crippen LogP contribution in [0.1, 0.15) is 56.6 Å². The first kappa shape index (κ1) is 24.8. The molecule has 0 saturated carbocycles. The number of benzene rings is 2. The fraction of sp³-hybridized carbons (Fsp3) is 0.423. The third kappa shape index (κ3) is 7.62. The Balaban J connectivity index is 0.000000785. The average molecular weight is 422 g/mol. The molecule has 31 heavy (non-hydrogen) atoms. The Morgan fingerprint density at radius 2 is 1.58 bits per heavy atom. The van der Waals surface area contributed by atoms with Crippen molar-refractivity contribution in [2.45, 2.75) is 45.4 Å². The number of hydrazine groups is 1. The fourth-order valence-electron chi connectivity index (χ4n) is 3.53. The molecule has 2 atom stereocenters. The first-order valence-electron chi connectivity index (χ1n) is 11.4. The van der Waals surface area contributed by atoms with Crippen LogP contribution >= 0.6 is 0 Å². The molecule has 0 aliphatic rings. The molecular formula is C26H39N5. The van der Waals surface area contributed by atoms with Crippen LogP contribution in [0.15, 0.2) is 66.9 Å². The van der Waals surface area contributed by atoms with Crippen LogP contribution in [0.4, 0.5) is 0 Å². The summed E-state index contributed by atoms with van der Waals surface area (Å²) < 4.78 is 0. The molecule has 3 aromatic rings. The van der Waals surface area contributed by atoms with Gasteiger partial charge in [-0.1, -0.05) is 88.2 Å². The standard InChI is InChI=1S/C22H29N5.C4H10/c1-17(18-9-11-20(12-10-18)22-13-14-25-26-22)21(15-27(24-3)16-23-2)19-7-5-4-6-8-19;1-3-4-2/h4-14,17,21,23-24H,15-16H2,1-3H3,(H,25,26);3-4H2,1-2H3/t17?,21-;/m0./s1. The summed E-state index contributed by atoms with van der Waals surface area (Å²) in [6.45, 7) is 8.40. The van der Waals surface area contributed by atoms with E-state index in [2.05, 4.69) is 101 Å². The first-order valence-corrected chi connectivity index (χ1v) is 11.4. The molecule has 1 aromatic heterocycles. The monoisotopic (exact) mass is 421 g/mol. The Labute approximate surface area is 188 Å². The number of unbranched alkanes of at least 4 members (excludes halogenated alkanes) is 1. The summed E-state index contributed by atoms with van der Waals surface area (Å²) in [7, 11) is 3.95. The van der Waals surface area contributed by atoms with Crippen molar-refractivity contribution in [2.24, 2.45) is 0 Å². The number of nitrogens with one attached hydrogen (secondary N) is 3. The van der Waals surface area contributed by atoms with Crippen LogP contribution in [-0.4, -0.2) is 42.5 Å². The van der Waals surface area contributed by atoms with Gasteiger partial charge in [0.05, 0.1) is 12.4 Å². The van der Waals surface area contributed by atoms with E-state index in [0.717, 1.165) is 24.5 Å². The van der Waals surface area contributed by atoms with Crippen LogP contribution in [0.5, 0.6) is 0 Å². The van der Waals surface area contributed by atoms with E-state index in [0.29, 0.717) is 11.8 Å². The zero-order valence-electron chi connectivity index (χ0n) is 19.7. The highest BCUT2D eigenvalue weighted by Gasteiger charge is 2.23. The summed E-state index contributed by atoms with van der Waals surface area (Å²) in [6.07, 6.45) is 4.42. The lowest BCUT2D eigenvalue weighted by Crippen LogP contribution is -2.44. The Hall–Kier alpha value is -2.47. The van der Waals surface area contributed by atoms with Crippen molar-refractivity contribution in [1.82, 2.24) is 25.9 Å². The van der Waals surface area contributed by atoms with Gasteiger partial charge in [0.25, 0.3) is 0 Å². The van der Waals surface area contributed by atoms with Crippen LogP contribution in [0.25, 0.3) is 11.3 Å². The predicted molar refractivity (Wildman–Crippen MR) is 132 cm³/mol. The van der Waals surface area contributed by atoms with Gasteiger partial charge >= 0.3 is 0 Å². The molecule has 0 spiro atoms. The molecule has 5 heteroatoms. The van der Waals surface area contributed by atoms with E-state index in [1.54, 1.807) is 6.20 Å². The third-order valence-electron chi connectivity index (χ3n) is 5.66. The number of hydrogen-bond acceptors (Lipinski definition) is 4. The zero-order valence-corrected chi connectivity index (χ0v) is 19.7. The molecule has 168 valence electrons.